The molecule has 1 heterocycles. The van der Waals surface area contributed by atoms with Crippen LogP contribution in [0.4, 0.5) is 0 Å². The van der Waals surface area contributed by atoms with Crippen LogP contribution >= 0.6 is 11.3 Å². The van der Waals surface area contributed by atoms with Crippen molar-refractivity contribution in [2.24, 2.45) is 0 Å². The van der Waals surface area contributed by atoms with E-state index in [0.717, 1.165) is 18.5 Å². The van der Waals surface area contributed by atoms with Crippen LogP contribution in [-0.2, 0) is 6.42 Å². The van der Waals surface area contributed by atoms with Gasteiger partial charge in [0.15, 0.2) is 0 Å². The Bertz CT molecular complexity index is 460. The molecule has 0 aliphatic heterocycles. The molecule has 0 unspecified atom stereocenters. The van der Waals surface area contributed by atoms with Crippen molar-refractivity contribution >= 4 is 21.6 Å². The minimum absolute atomic E-state index is 1.05. The predicted molar refractivity (Wildman–Crippen MR) is 66.6 cm³/mol. The molecule has 0 bridgehead atoms. The molecule has 2 aromatic rings. The zero-order valence-corrected chi connectivity index (χ0v) is 10.3. The molecule has 80 valence electrons. The first-order valence-corrected chi connectivity index (χ1v) is 5.97. The molecule has 0 spiro atoms. The van der Waals surface area contributed by atoms with Gasteiger partial charge < -0.3 is 4.90 Å². The topological polar surface area (TPSA) is 16.1 Å². The van der Waals surface area contributed by atoms with E-state index in [0.29, 0.717) is 0 Å². The molecule has 0 N–H and O–H groups in total. The van der Waals surface area contributed by atoms with E-state index < -0.39 is 0 Å². The van der Waals surface area contributed by atoms with Crippen molar-refractivity contribution in [1.82, 2.24) is 9.88 Å². The SMILES string of the molecule is Cc1ccc2nc(CCN(C)C)sc2c1. The van der Waals surface area contributed by atoms with Crippen LogP contribution in [0.3, 0.4) is 0 Å². The second kappa shape index (κ2) is 4.29. The van der Waals surface area contributed by atoms with E-state index in [1.165, 1.54) is 15.3 Å². The number of thiazole rings is 1. The first kappa shape index (κ1) is 10.6. The molecule has 0 aliphatic rings. The van der Waals surface area contributed by atoms with Gasteiger partial charge in [-0.25, -0.2) is 4.98 Å². The van der Waals surface area contributed by atoms with Crippen molar-refractivity contribution in [3.05, 3.63) is 28.8 Å². The molecule has 3 heteroatoms. The number of hydrogen-bond acceptors (Lipinski definition) is 3. The van der Waals surface area contributed by atoms with E-state index >= 15 is 0 Å². The van der Waals surface area contributed by atoms with E-state index in [4.69, 9.17) is 0 Å². The lowest BCUT2D eigenvalue weighted by molar-refractivity contribution is 0.413. The third-order valence-corrected chi connectivity index (χ3v) is 3.44. The Morgan fingerprint density at radius 2 is 2.13 bits per heavy atom. The Labute approximate surface area is 94.6 Å². The van der Waals surface area contributed by atoms with Crippen molar-refractivity contribution in [2.45, 2.75) is 13.3 Å². The maximum Gasteiger partial charge on any atom is 0.0951 e. The first-order valence-electron chi connectivity index (χ1n) is 5.16. The lowest BCUT2D eigenvalue weighted by atomic mass is 10.2. The molecule has 1 aromatic heterocycles. The summed E-state index contributed by atoms with van der Waals surface area (Å²) in [7, 11) is 4.19. The van der Waals surface area contributed by atoms with Gasteiger partial charge in [0.25, 0.3) is 0 Å². The highest BCUT2D eigenvalue weighted by Crippen LogP contribution is 2.23. The monoisotopic (exact) mass is 220 g/mol. The number of aryl methyl sites for hydroxylation is 1. The second-order valence-electron chi connectivity index (χ2n) is 4.13. The highest BCUT2D eigenvalue weighted by Gasteiger charge is 2.03. The largest absolute Gasteiger partial charge is 0.309 e. The van der Waals surface area contributed by atoms with Crippen LogP contribution in [0, 0.1) is 6.92 Å². The first-order chi connectivity index (χ1) is 7.15. The van der Waals surface area contributed by atoms with Gasteiger partial charge in [-0.1, -0.05) is 6.07 Å². The van der Waals surface area contributed by atoms with E-state index in [2.05, 4.69) is 49.1 Å². The second-order valence-corrected chi connectivity index (χ2v) is 5.25. The number of nitrogens with zero attached hydrogens (tertiary/aromatic N) is 2. The van der Waals surface area contributed by atoms with E-state index in [9.17, 15) is 0 Å². The number of benzene rings is 1. The highest BCUT2D eigenvalue weighted by atomic mass is 32.1. The van der Waals surface area contributed by atoms with Gasteiger partial charge in [0.1, 0.15) is 0 Å². The summed E-state index contributed by atoms with van der Waals surface area (Å²) in [5.41, 5.74) is 2.45. The van der Waals surface area contributed by atoms with Crippen molar-refractivity contribution in [1.29, 1.82) is 0 Å². The zero-order chi connectivity index (χ0) is 10.8. The van der Waals surface area contributed by atoms with Crippen molar-refractivity contribution in [2.75, 3.05) is 20.6 Å². The molecular weight excluding hydrogens is 204 g/mol. The fraction of sp³-hybridized carbons (Fsp3) is 0.417. The number of rotatable bonds is 3. The predicted octanol–water partition coefficient (Wildman–Crippen LogP) is 2.71. The Hall–Kier alpha value is -0.930. The zero-order valence-electron chi connectivity index (χ0n) is 9.45. The number of hydrogen-bond donors (Lipinski definition) is 0. The quantitative estimate of drug-likeness (QED) is 0.790. The molecule has 0 amide bonds. The number of fused-ring (bicyclic) bond motifs is 1. The molecule has 0 aliphatic carbocycles. The van der Waals surface area contributed by atoms with Gasteiger partial charge in [-0.2, -0.15) is 0 Å². The average molecular weight is 220 g/mol. The molecule has 1 aromatic carbocycles. The molecule has 0 atom stereocenters. The Morgan fingerprint density at radius 1 is 1.33 bits per heavy atom. The maximum absolute atomic E-state index is 4.62. The summed E-state index contributed by atoms with van der Waals surface area (Å²) in [5, 5.41) is 1.24. The van der Waals surface area contributed by atoms with Crippen molar-refractivity contribution < 1.29 is 0 Å². The molecule has 2 rings (SSSR count). The maximum atomic E-state index is 4.62. The lowest BCUT2D eigenvalue weighted by Gasteiger charge is -2.06. The Balaban J connectivity index is 2.23. The molecule has 0 saturated carbocycles. The van der Waals surface area contributed by atoms with Gasteiger partial charge >= 0.3 is 0 Å². The summed E-state index contributed by atoms with van der Waals surface area (Å²) in [4.78, 5) is 6.81. The summed E-state index contributed by atoms with van der Waals surface area (Å²) in [6.45, 7) is 3.19. The molecule has 0 saturated heterocycles. The molecule has 2 nitrogen and oxygen atoms in total. The van der Waals surface area contributed by atoms with Gasteiger partial charge in [-0.15, -0.1) is 11.3 Å². The third kappa shape index (κ3) is 2.55. The fourth-order valence-electron chi connectivity index (χ4n) is 1.51. The van der Waals surface area contributed by atoms with Gasteiger partial charge in [0.05, 0.1) is 15.2 Å². The summed E-state index contributed by atoms with van der Waals surface area (Å²) in [6.07, 6.45) is 1.05. The van der Waals surface area contributed by atoms with Crippen LogP contribution in [0.5, 0.6) is 0 Å². The van der Waals surface area contributed by atoms with Crippen LogP contribution in [0.25, 0.3) is 10.2 Å². The Kier molecular flexibility index (Phi) is 3.03. The fourth-order valence-corrected chi connectivity index (χ4v) is 2.56. The summed E-state index contributed by atoms with van der Waals surface area (Å²) in [5.74, 6) is 0. The highest BCUT2D eigenvalue weighted by molar-refractivity contribution is 7.18. The molecule has 0 radical (unpaired) electrons. The van der Waals surface area contributed by atoms with Crippen molar-refractivity contribution in [3.63, 3.8) is 0 Å². The van der Waals surface area contributed by atoms with Gasteiger partial charge in [0, 0.05) is 13.0 Å². The van der Waals surface area contributed by atoms with Gasteiger partial charge in [-0.05, 0) is 38.7 Å². The standard InChI is InChI=1S/C12H16N2S/c1-9-4-5-10-11(8-9)15-12(13-10)6-7-14(2)3/h4-5,8H,6-7H2,1-3H3. The molecular formula is C12H16N2S. The van der Waals surface area contributed by atoms with Crippen LogP contribution in [0.15, 0.2) is 18.2 Å². The summed E-state index contributed by atoms with van der Waals surface area (Å²) >= 11 is 1.82. The Morgan fingerprint density at radius 3 is 2.87 bits per heavy atom. The van der Waals surface area contributed by atoms with Gasteiger partial charge in [0.2, 0.25) is 0 Å². The normalized spacial score (nSPS) is 11.5. The lowest BCUT2D eigenvalue weighted by Crippen LogP contribution is -2.14. The summed E-state index contributed by atoms with van der Waals surface area (Å²) in [6, 6.07) is 6.45. The van der Waals surface area contributed by atoms with Crippen LogP contribution < -0.4 is 0 Å². The third-order valence-electron chi connectivity index (χ3n) is 2.36. The number of likely N-dealkylation sites (N-methyl/N-ethyl adjacent to an activating group) is 1. The number of aromatic nitrogens is 1. The van der Waals surface area contributed by atoms with Gasteiger partial charge in [-0.3, -0.25) is 0 Å². The van der Waals surface area contributed by atoms with Crippen LogP contribution in [0.2, 0.25) is 0 Å². The average Bonchev–Trinajstić information content (AvgIpc) is 2.56. The van der Waals surface area contributed by atoms with Crippen molar-refractivity contribution in [3.8, 4) is 0 Å². The minimum atomic E-state index is 1.05. The molecule has 0 fully saturated rings. The molecule has 15 heavy (non-hydrogen) atoms. The smallest absolute Gasteiger partial charge is 0.0951 e. The minimum Gasteiger partial charge on any atom is -0.309 e. The van der Waals surface area contributed by atoms with E-state index in [1.54, 1.807) is 0 Å². The van der Waals surface area contributed by atoms with E-state index in [-0.39, 0.29) is 0 Å². The van der Waals surface area contributed by atoms with Crippen LogP contribution in [-0.4, -0.2) is 30.5 Å². The van der Waals surface area contributed by atoms with E-state index in [1.807, 2.05) is 11.3 Å². The van der Waals surface area contributed by atoms with Crippen LogP contribution in [0.1, 0.15) is 10.6 Å². The summed E-state index contributed by atoms with van der Waals surface area (Å²) < 4.78 is 1.31.